The molecule has 10 rings (SSSR count). The van der Waals surface area contributed by atoms with E-state index in [0.29, 0.717) is 18.0 Å². The second kappa shape index (κ2) is 16.8. The lowest BCUT2D eigenvalue weighted by Crippen LogP contribution is -2.49. The van der Waals surface area contributed by atoms with Crippen LogP contribution in [0.1, 0.15) is 61.3 Å². The summed E-state index contributed by atoms with van der Waals surface area (Å²) >= 11 is 0. The number of amides is 1. The monoisotopic (exact) mass is 885 g/mol. The molecule has 6 aromatic rings. The summed E-state index contributed by atoms with van der Waals surface area (Å²) in [5.41, 5.74) is 0.763. The average molecular weight is 886 g/mol. The number of nitrogens with one attached hydrogen (secondary N) is 2. The Morgan fingerprint density at radius 3 is 2.23 bits per heavy atom. The van der Waals surface area contributed by atoms with Crippen molar-refractivity contribution < 1.29 is 37.5 Å². The Morgan fingerprint density at radius 1 is 0.953 bits per heavy atom. The number of benzene rings is 4. The summed E-state index contributed by atoms with van der Waals surface area (Å²) < 4.78 is 50.7. The first-order valence-electron chi connectivity index (χ1n) is 21.5. The van der Waals surface area contributed by atoms with Gasteiger partial charge in [0.1, 0.15) is 23.2 Å². The van der Waals surface area contributed by atoms with Gasteiger partial charge in [0.25, 0.3) is 5.56 Å². The van der Waals surface area contributed by atoms with E-state index in [1.54, 1.807) is 32.6 Å². The maximum Gasteiger partial charge on any atom is 0.361 e. The maximum atomic E-state index is 13.4. The van der Waals surface area contributed by atoms with E-state index in [1.165, 1.54) is 6.33 Å². The minimum atomic E-state index is -3.27. The fourth-order valence-electron chi connectivity index (χ4n) is 9.51. The fourth-order valence-corrected chi connectivity index (χ4v) is 12.1. The van der Waals surface area contributed by atoms with Crippen molar-refractivity contribution in [2.75, 3.05) is 39.3 Å². The van der Waals surface area contributed by atoms with Crippen LogP contribution in [-0.4, -0.2) is 87.9 Å². The van der Waals surface area contributed by atoms with Crippen LogP contribution in [0.15, 0.2) is 120 Å². The molecule has 2 unspecified atom stereocenters. The van der Waals surface area contributed by atoms with Gasteiger partial charge in [0.15, 0.2) is 35.2 Å². The number of aromatic nitrogens is 4. The van der Waals surface area contributed by atoms with Crippen molar-refractivity contribution in [2.45, 2.75) is 68.5 Å². The van der Waals surface area contributed by atoms with E-state index in [-0.39, 0.29) is 54.3 Å². The smallest absolute Gasteiger partial charge is 0.361 e. The van der Waals surface area contributed by atoms with E-state index < -0.39 is 43.1 Å². The van der Waals surface area contributed by atoms with Crippen LogP contribution in [-0.2, 0) is 33.7 Å². The third kappa shape index (κ3) is 7.19. The summed E-state index contributed by atoms with van der Waals surface area (Å²) in [5.74, 6) is 0.701. The number of rotatable bonds is 14. The minimum absolute atomic E-state index is 0.0160. The number of carbonyl (C=O) groups excluding carboxylic acids is 1. The largest absolute Gasteiger partial charge is 0.497 e. The van der Waals surface area contributed by atoms with E-state index >= 15 is 0 Å². The van der Waals surface area contributed by atoms with Crippen molar-refractivity contribution >= 4 is 30.9 Å². The number of fused-ring (bicyclic) bond motifs is 4. The van der Waals surface area contributed by atoms with Crippen molar-refractivity contribution in [3.63, 3.8) is 0 Å². The molecule has 7 atom stereocenters. The number of anilines is 1. The molecule has 2 aromatic heterocycles. The van der Waals surface area contributed by atoms with Gasteiger partial charge in [-0.05, 0) is 59.4 Å². The molecule has 4 aromatic carbocycles. The normalized spacial score (nSPS) is 26.4. The molecule has 0 spiro atoms. The number of H-pyrrole nitrogens is 1. The number of ether oxygens (including phenoxy) is 5. The lowest BCUT2D eigenvalue weighted by Gasteiger charge is -2.40. The van der Waals surface area contributed by atoms with Gasteiger partial charge in [-0.15, -0.1) is 4.67 Å². The first kappa shape index (κ1) is 42.4. The molecule has 4 saturated heterocycles. The van der Waals surface area contributed by atoms with Crippen LogP contribution in [0, 0.1) is 12.6 Å². The summed E-state index contributed by atoms with van der Waals surface area (Å²) in [5, 5.41) is 2.71. The summed E-state index contributed by atoms with van der Waals surface area (Å²) in [7, 11) is -0.00817. The molecular formula is C48H50N6O9P+. The van der Waals surface area contributed by atoms with Crippen molar-refractivity contribution in [3.05, 3.63) is 155 Å². The number of carbonyl (C=O) groups is 1. The predicted octanol–water partition coefficient (Wildman–Crippen LogP) is 7.46. The van der Waals surface area contributed by atoms with E-state index in [0.717, 1.165) is 35.1 Å². The number of aromatic amines is 1. The van der Waals surface area contributed by atoms with Crippen molar-refractivity contribution in [1.82, 2.24) is 24.2 Å². The quantitative estimate of drug-likeness (QED) is 0.0823. The summed E-state index contributed by atoms with van der Waals surface area (Å²) in [4.78, 5) is 37.9. The van der Waals surface area contributed by atoms with Crippen LogP contribution < -0.4 is 20.3 Å². The van der Waals surface area contributed by atoms with Gasteiger partial charge in [-0.1, -0.05) is 98.8 Å². The Kier molecular flexibility index (Phi) is 11.1. The Hall–Kier alpha value is -5.51. The third-order valence-corrected chi connectivity index (χ3v) is 15.1. The fraction of sp³-hybridized carbons (Fsp3) is 0.354. The third-order valence-electron chi connectivity index (χ3n) is 12.8. The van der Waals surface area contributed by atoms with Gasteiger partial charge in [-0.2, -0.15) is 14.0 Å². The molecule has 16 heteroatoms. The van der Waals surface area contributed by atoms with Crippen LogP contribution in [0.25, 0.3) is 11.2 Å². The summed E-state index contributed by atoms with van der Waals surface area (Å²) in [6.45, 7) is 11.7. The summed E-state index contributed by atoms with van der Waals surface area (Å²) in [6, 6.07) is 35.7. The first-order valence-corrected chi connectivity index (χ1v) is 23.1. The Labute approximate surface area is 371 Å². The molecule has 330 valence electrons. The highest BCUT2D eigenvalue weighted by atomic mass is 31.2. The van der Waals surface area contributed by atoms with Crippen LogP contribution in [0.2, 0.25) is 0 Å². The molecule has 4 aliphatic heterocycles. The molecule has 1 amide bonds. The van der Waals surface area contributed by atoms with Crippen LogP contribution in [0.3, 0.4) is 0 Å². The molecule has 4 fully saturated rings. The second-order valence-electron chi connectivity index (χ2n) is 16.9. The van der Waals surface area contributed by atoms with Gasteiger partial charge in [0.05, 0.1) is 39.8 Å². The van der Waals surface area contributed by atoms with Crippen LogP contribution >= 0.6 is 7.87 Å². The Morgan fingerprint density at radius 2 is 1.59 bits per heavy atom. The number of nitrogens with zero attached hydrogens (tertiary/aromatic N) is 4. The average Bonchev–Trinajstić information content (AvgIpc) is 4.16. The molecule has 64 heavy (non-hydrogen) atoms. The lowest BCUT2D eigenvalue weighted by molar-refractivity contribution is -0.202. The molecule has 15 nitrogen and oxygen atoms in total. The van der Waals surface area contributed by atoms with Crippen LogP contribution in [0.5, 0.6) is 11.5 Å². The second-order valence-corrected chi connectivity index (χ2v) is 19.0. The van der Waals surface area contributed by atoms with Gasteiger partial charge in [0, 0.05) is 12.5 Å². The lowest BCUT2D eigenvalue weighted by atomic mass is 9.79. The van der Waals surface area contributed by atoms with Crippen LogP contribution in [0.4, 0.5) is 5.95 Å². The number of hydrogen-bond donors (Lipinski definition) is 2. The van der Waals surface area contributed by atoms with E-state index in [1.807, 2.05) is 97.1 Å². The molecule has 0 saturated carbocycles. The Bertz CT molecular complexity index is 2640. The first-order chi connectivity index (χ1) is 31.1. The summed E-state index contributed by atoms with van der Waals surface area (Å²) in [6.07, 6.45) is 0.492. The Balaban J connectivity index is 1.09. The SMILES string of the molecule is [CH][P+]1(O[C@@H]2C3OC[C@]2(COC(c2ccccc2)(c2ccc(OC)cc2)c2ccc(OC)cc2)O[C@H]3n2cnc3c(=O)[nH]c(NC(=O)C(C)C)nc32)O[C@H](c2ccccc2)[C@@H]2CCCN21. The molecule has 2 bridgehead atoms. The highest BCUT2D eigenvalue weighted by molar-refractivity contribution is 7.65. The minimum Gasteiger partial charge on any atom is -0.497 e. The van der Waals surface area contributed by atoms with E-state index in [2.05, 4.69) is 37.1 Å². The van der Waals surface area contributed by atoms with Gasteiger partial charge in [-0.3, -0.25) is 24.5 Å². The maximum absolute atomic E-state index is 13.4. The van der Waals surface area contributed by atoms with Crippen molar-refractivity contribution in [3.8, 4) is 11.5 Å². The molecule has 2 radical (unpaired) electrons. The van der Waals surface area contributed by atoms with Gasteiger partial charge >= 0.3 is 7.87 Å². The molecule has 2 N–H and O–H groups in total. The zero-order valence-electron chi connectivity index (χ0n) is 36.0. The van der Waals surface area contributed by atoms with Gasteiger partial charge in [0.2, 0.25) is 18.5 Å². The van der Waals surface area contributed by atoms with Gasteiger partial charge in [-0.25, -0.2) is 4.98 Å². The molecule has 4 aliphatic rings. The highest BCUT2D eigenvalue weighted by Gasteiger charge is 2.71. The number of hydrogen-bond acceptors (Lipinski definition) is 12. The van der Waals surface area contributed by atoms with E-state index in [4.69, 9.17) is 39.4 Å². The predicted molar refractivity (Wildman–Crippen MR) is 239 cm³/mol. The molecule has 0 aliphatic carbocycles. The zero-order valence-corrected chi connectivity index (χ0v) is 36.9. The molecule has 6 heterocycles. The van der Waals surface area contributed by atoms with Crippen molar-refractivity contribution in [2.24, 2.45) is 5.92 Å². The number of imidazole rings is 1. The molecular weight excluding hydrogens is 836 g/mol. The van der Waals surface area contributed by atoms with Gasteiger partial charge < -0.3 is 23.7 Å². The highest BCUT2D eigenvalue weighted by Crippen LogP contribution is 2.75. The topological polar surface area (TPSA) is 161 Å². The zero-order chi connectivity index (χ0) is 44.2. The van der Waals surface area contributed by atoms with Crippen molar-refractivity contribution in [1.29, 1.82) is 0 Å². The standard InChI is InChI=1S/C48H50N6O9P/c1-30(2)43(55)51-46-50-42-38(44(56)52-46)49-29-53(42)45-40-41(63-64(5)54-26-12-17-37(54)39(62-64)31-13-8-6-9-14-31)47(61-45,27-59-40)28-60-48(32-15-10-7-11-16-32,33-18-22-35(57-3)23-19-33)34-20-24-36(58-4)25-21-34/h5-11,13-16,18-25,29-30,37,39-41,45H,12,17,26-28H2,1-4H3,(H2,50,51,52,55,56)/q+1/t37-,39+,40?,41+,45+,47+,64?/m0/s1. The number of methoxy groups -OCH3 is 2. The van der Waals surface area contributed by atoms with E-state index in [9.17, 15) is 9.59 Å².